The van der Waals surface area contributed by atoms with E-state index >= 15 is 0 Å². The molecule has 2 aromatic rings. The molecule has 104 valence electrons. The van der Waals surface area contributed by atoms with Gasteiger partial charge in [-0.1, -0.05) is 11.6 Å². The Kier molecular flexibility index (Phi) is 4.70. The van der Waals surface area contributed by atoms with E-state index in [0.29, 0.717) is 22.2 Å². The lowest BCUT2D eigenvalue weighted by atomic mass is 10.2. The number of hydrogen-bond acceptors (Lipinski definition) is 3. The fraction of sp³-hybridized carbons (Fsp3) is 0.0769. The van der Waals surface area contributed by atoms with E-state index in [1.807, 2.05) is 0 Å². The Bertz CT molecular complexity index is 657. The highest BCUT2D eigenvalue weighted by Crippen LogP contribution is 2.26. The number of furan rings is 1. The van der Waals surface area contributed by atoms with Crippen LogP contribution in [0.2, 0.25) is 5.02 Å². The van der Waals surface area contributed by atoms with Crippen LogP contribution in [-0.2, 0) is 0 Å². The zero-order valence-corrected chi connectivity index (χ0v) is 12.1. The SMILES string of the molecule is CNC(=S)NN=Cc1ccc(-c2ccc(F)c(Cl)c2)o1. The molecule has 0 amide bonds. The van der Waals surface area contributed by atoms with Crippen LogP contribution in [-0.4, -0.2) is 18.4 Å². The van der Waals surface area contributed by atoms with Crippen LogP contribution in [0.25, 0.3) is 11.3 Å². The molecule has 0 aliphatic carbocycles. The van der Waals surface area contributed by atoms with Crippen molar-refractivity contribution >= 4 is 35.1 Å². The van der Waals surface area contributed by atoms with E-state index in [4.69, 9.17) is 28.2 Å². The first-order chi connectivity index (χ1) is 9.60. The first-order valence-electron chi connectivity index (χ1n) is 5.66. The summed E-state index contributed by atoms with van der Waals surface area (Å²) >= 11 is 10.6. The molecule has 0 aliphatic heterocycles. The van der Waals surface area contributed by atoms with Crippen LogP contribution in [0.4, 0.5) is 4.39 Å². The third-order valence-corrected chi connectivity index (χ3v) is 3.00. The largest absolute Gasteiger partial charge is 0.455 e. The molecule has 0 aliphatic rings. The fourth-order valence-corrected chi connectivity index (χ4v) is 1.67. The highest BCUT2D eigenvalue weighted by atomic mass is 35.5. The third-order valence-electron chi connectivity index (χ3n) is 2.42. The van der Waals surface area contributed by atoms with Crippen LogP contribution < -0.4 is 10.7 Å². The summed E-state index contributed by atoms with van der Waals surface area (Å²) in [6.07, 6.45) is 1.48. The number of benzene rings is 1. The monoisotopic (exact) mass is 311 g/mol. The van der Waals surface area contributed by atoms with Gasteiger partial charge in [-0.2, -0.15) is 5.10 Å². The molecule has 1 aromatic heterocycles. The second-order valence-electron chi connectivity index (χ2n) is 3.78. The van der Waals surface area contributed by atoms with Crippen molar-refractivity contribution in [3.63, 3.8) is 0 Å². The quantitative estimate of drug-likeness (QED) is 0.519. The summed E-state index contributed by atoms with van der Waals surface area (Å²) in [5.41, 5.74) is 3.30. The molecule has 20 heavy (non-hydrogen) atoms. The summed E-state index contributed by atoms with van der Waals surface area (Å²) in [6.45, 7) is 0. The van der Waals surface area contributed by atoms with Gasteiger partial charge in [0.1, 0.15) is 17.3 Å². The summed E-state index contributed by atoms with van der Waals surface area (Å²) in [7, 11) is 1.69. The molecule has 0 saturated heterocycles. The van der Waals surface area contributed by atoms with Crippen LogP contribution in [0.5, 0.6) is 0 Å². The minimum Gasteiger partial charge on any atom is -0.455 e. The van der Waals surface area contributed by atoms with Gasteiger partial charge < -0.3 is 9.73 Å². The van der Waals surface area contributed by atoms with Gasteiger partial charge in [-0.05, 0) is 42.5 Å². The maximum Gasteiger partial charge on any atom is 0.186 e. The molecule has 0 fully saturated rings. The van der Waals surface area contributed by atoms with E-state index in [1.165, 1.54) is 18.3 Å². The maximum atomic E-state index is 13.1. The molecule has 7 heteroatoms. The molecular weight excluding hydrogens is 301 g/mol. The maximum absolute atomic E-state index is 13.1. The lowest BCUT2D eigenvalue weighted by Gasteiger charge is -1.99. The molecule has 0 bridgehead atoms. The van der Waals surface area contributed by atoms with Gasteiger partial charge in [0.05, 0.1) is 11.2 Å². The zero-order chi connectivity index (χ0) is 14.5. The Hall–Kier alpha value is -1.92. The molecule has 0 unspecified atom stereocenters. The average Bonchev–Trinajstić information content (AvgIpc) is 2.90. The van der Waals surface area contributed by atoms with Gasteiger partial charge in [-0.25, -0.2) is 4.39 Å². The highest BCUT2D eigenvalue weighted by molar-refractivity contribution is 7.80. The summed E-state index contributed by atoms with van der Waals surface area (Å²) in [4.78, 5) is 0. The number of thiocarbonyl (C=S) groups is 1. The van der Waals surface area contributed by atoms with Crippen molar-refractivity contribution in [1.29, 1.82) is 0 Å². The first-order valence-corrected chi connectivity index (χ1v) is 6.45. The fourth-order valence-electron chi connectivity index (χ4n) is 1.44. The number of hydrogen-bond donors (Lipinski definition) is 2. The lowest BCUT2D eigenvalue weighted by Crippen LogP contribution is -2.28. The van der Waals surface area contributed by atoms with Gasteiger partial charge in [0.25, 0.3) is 0 Å². The van der Waals surface area contributed by atoms with Crippen LogP contribution in [0.3, 0.4) is 0 Å². The number of hydrazone groups is 1. The molecule has 2 N–H and O–H groups in total. The topological polar surface area (TPSA) is 49.6 Å². The van der Waals surface area contributed by atoms with Gasteiger partial charge in [0.2, 0.25) is 0 Å². The van der Waals surface area contributed by atoms with E-state index < -0.39 is 5.82 Å². The van der Waals surface area contributed by atoms with Gasteiger partial charge in [0, 0.05) is 12.6 Å². The number of nitrogens with zero attached hydrogens (tertiary/aromatic N) is 1. The predicted molar refractivity (Wildman–Crippen MR) is 81.5 cm³/mol. The van der Waals surface area contributed by atoms with Gasteiger partial charge >= 0.3 is 0 Å². The van der Waals surface area contributed by atoms with Crippen molar-refractivity contribution in [2.75, 3.05) is 7.05 Å². The minimum absolute atomic E-state index is 0.0511. The number of nitrogens with one attached hydrogen (secondary N) is 2. The zero-order valence-electron chi connectivity index (χ0n) is 10.5. The van der Waals surface area contributed by atoms with Crippen LogP contribution in [0.1, 0.15) is 5.76 Å². The molecule has 0 atom stereocenters. The molecule has 0 spiro atoms. The molecule has 1 aromatic carbocycles. The summed E-state index contributed by atoms with van der Waals surface area (Å²) < 4.78 is 18.6. The van der Waals surface area contributed by atoms with E-state index in [9.17, 15) is 4.39 Å². The Morgan fingerprint density at radius 2 is 2.20 bits per heavy atom. The standard InChI is InChI=1S/C13H11ClFN3OS/c1-16-13(20)18-17-7-9-3-5-12(19-9)8-2-4-11(15)10(14)6-8/h2-7H,1H3,(H2,16,18,20). The third kappa shape index (κ3) is 3.55. The van der Waals surface area contributed by atoms with Gasteiger partial charge in [-0.3, -0.25) is 5.43 Å². The number of halogens is 2. The summed E-state index contributed by atoms with van der Waals surface area (Å²) in [5, 5.41) is 7.06. The van der Waals surface area contributed by atoms with E-state index in [-0.39, 0.29) is 5.02 Å². The summed E-state index contributed by atoms with van der Waals surface area (Å²) in [5.74, 6) is 0.643. The first kappa shape index (κ1) is 14.5. The normalized spacial score (nSPS) is 10.8. The van der Waals surface area contributed by atoms with Crippen molar-refractivity contribution < 1.29 is 8.81 Å². The Balaban J connectivity index is 2.12. The molecule has 0 saturated carbocycles. The second kappa shape index (κ2) is 6.49. The molecule has 2 rings (SSSR count). The van der Waals surface area contributed by atoms with E-state index in [1.54, 1.807) is 25.2 Å². The molecule has 4 nitrogen and oxygen atoms in total. The lowest BCUT2D eigenvalue weighted by molar-refractivity contribution is 0.574. The van der Waals surface area contributed by atoms with Crippen molar-refractivity contribution in [3.05, 3.63) is 46.9 Å². The Labute approximate surface area is 125 Å². The Morgan fingerprint density at radius 1 is 1.40 bits per heavy atom. The van der Waals surface area contributed by atoms with Crippen molar-refractivity contribution in [2.45, 2.75) is 0 Å². The van der Waals surface area contributed by atoms with Gasteiger partial charge in [0.15, 0.2) is 5.11 Å². The Morgan fingerprint density at radius 3 is 2.90 bits per heavy atom. The minimum atomic E-state index is -0.464. The van der Waals surface area contributed by atoms with E-state index in [0.717, 1.165) is 0 Å². The predicted octanol–water partition coefficient (Wildman–Crippen LogP) is 3.17. The van der Waals surface area contributed by atoms with Crippen molar-refractivity contribution in [1.82, 2.24) is 10.7 Å². The van der Waals surface area contributed by atoms with Crippen LogP contribution >= 0.6 is 23.8 Å². The molecule has 1 heterocycles. The van der Waals surface area contributed by atoms with E-state index in [2.05, 4.69) is 15.8 Å². The second-order valence-corrected chi connectivity index (χ2v) is 4.60. The highest BCUT2D eigenvalue weighted by Gasteiger charge is 2.06. The smallest absolute Gasteiger partial charge is 0.186 e. The van der Waals surface area contributed by atoms with Crippen molar-refractivity contribution in [3.8, 4) is 11.3 Å². The van der Waals surface area contributed by atoms with Crippen LogP contribution in [0, 0.1) is 5.82 Å². The molecular formula is C13H11ClFN3OS. The van der Waals surface area contributed by atoms with Crippen LogP contribution in [0.15, 0.2) is 39.9 Å². The number of rotatable bonds is 3. The average molecular weight is 312 g/mol. The van der Waals surface area contributed by atoms with Crippen molar-refractivity contribution in [2.24, 2.45) is 5.10 Å². The van der Waals surface area contributed by atoms with Gasteiger partial charge in [-0.15, -0.1) is 0 Å². The summed E-state index contributed by atoms with van der Waals surface area (Å²) in [6, 6.07) is 7.88. The molecule has 0 radical (unpaired) electrons.